The highest BCUT2D eigenvalue weighted by Gasteiger charge is 2.41. The van der Waals surface area contributed by atoms with E-state index in [0.717, 1.165) is 209 Å². The highest BCUT2D eigenvalue weighted by Crippen LogP contribution is 2.59. The summed E-state index contributed by atoms with van der Waals surface area (Å²) in [5.74, 6) is 1.91. The average molecular weight is 1860 g/mol. The van der Waals surface area contributed by atoms with E-state index < -0.39 is 0 Å². The SMILES string of the molecule is CC1(C)c2ccccc2-c2cc3c4ccccc4c4cccc5oc6ccc7c(c6c54)c3c(c21)n7-c1nc(-c2ccccc2)c2ccccc2n1.c1ccc(-c2nc(-n3c4ccc5oc6cccc7c8ccccc8c8cc9c%10ccccc%10oc9c3c8c4c5c67)nc3ccccc23)cc1.c1ccc(-c2nc(-n3c4cccc5c6cc7ccccc7cc6c6cccc7oc8ccc3c(c8c76)c54)nc3ccccc23)cc1. The molecule has 676 valence electrons. The monoisotopic (exact) mass is 1860 g/mol. The van der Waals surface area contributed by atoms with Crippen LogP contribution in [0.25, 0.3) is 324 Å². The molecule has 0 amide bonds. The van der Waals surface area contributed by atoms with Crippen molar-refractivity contribution in [2.75, 3.05) is 0 Å². The molecule has 13 heteroatoms. The first kappa shape index (κ1) is 79.3. The summed E-state index contributed by atoms with van der Waals surface area (Å²) < 4.78 is 33.6. The van der Waals surface area contributed by atoms with Gasteiger partial charge in [-0.3, -0.25) is 13.7 Å². The molecule has 0 aliphatic heterocycles. The largest absolute Gasteiger partial charge is 0.456 e. The van der Waals surface area contributed by atoms with Crippen LogP contribution in [0, 0.1) is 0 Å². The second-order valence-electron chi connectivity index (χ2n) is 39.5. The first-order chi connectivity index (χ1) is 72.2. The Kier molecular flexibility index (Phi) is 15.9. The maximum Gasteiger partial charge on any atom is 0.235 e. The van der Waals surface area contributed by atoms with Crippen molar-refractivity contribution in [3.05, 3.63) is 430 Å². The van der Waals surface area contributed by atoms with Gasteiger partial charge in [0.25, 0.3) is 0 Å². The molecule has 13 nitrogen and oxygen atoms in total. The Morgan fingerprint density at radius 3 is 1.03 bits per heavy atom. The molecule has 24 aromatic carbocycles. The second-order valence-corrected chi connectivity index (χ2v) is 39.5. The van der Waals surface area contributed by atoms with Gasteiger partial charge in [-0.2, -0.15) is 0 Å². The summed E-state index contributed by atoms with van der Waals surface area (Å²) in [6, 6.07) is 148. The molecule has 0 fully saturated rings. The van der Waals surface area contributed by atoms with Crippen LogP contribution in [0.2, 0.25) is 0 Å². The van der Waals surface area contributed by atoms with Crippen molar-refractivity contribution >= 4 is 261 Å². The number of rotatable bonds is 6. The molecule has 0 atom stereocenters. The normalized spacial score (nSPS) is 12.9. The van der Waals surface area contributed by atoms with Crippen molar-refractivity contribution in [1.82, 2.24) is 43.6 Å². The average Bonchev–Trinajstić information content (AvgIpc) is 1.51. The van der Waals surface area contributed by atoms with Crippen LogP contribution in [0.3, 0.4) is 0 Å². The zero-order valence-electron chi connectivity index (χ0n) is 78.5. The molecule has 0 saturated heterocycles. The van der Waals surface area contributed by atoms with Gasteiger partial charge >= 0.3 is 0 Å². The van der Waals surface area contributed by atoms with E-state index in [0.29, 0.717) is 17.8 Å². The molecule has 0 N–H and O–H groups in total. The third-order valence-electron chi connectivity index (χ3n) is 31.6. The van der Waals surface area contributed by atoms with Crippen LogP contribution >= 0.6 is 0 Å². The van der Waals surface area contributed by atoms with Crippen LogP contribution in [-0.4, -0.2) is 43.6 Å². The number of para-hydroxylation sites is 4. The quantitative estimate of drug-likeness (QED) is 0.158. The molecule has 0 bridgehead atoms. The minimum absolute atomic E-state index is 0.277. The minimum atomic E-state index is -0.277. The van der Waals surface area contributed by atoms with E-state index in [1.807, 2.05) is 42.5 Å². The molecule has 1 aliphatic rings. The van der Waals surface area contributed by atoms with E-state index in [9.17, 15) is 0 Å². The number of fused-ring (bicyclic) bond motifs is 21. The fourth-order valence-corrected chi connectivity index (χ4v) is 25.6. The lowest BCUT2D eigenvalue weighted by atomic mass is 9.81. The Labute approximate surface area is 828 Å². The standard InChI is InChI=1S/C47H29N3O.C44H23N3O2.C42H23N3O/c1-47(2)34-20-10-8-17-29(34)33-25-32-28-16-7-6-15-27(28)30-19-12-22-37-39(30)42-38(51-37)24-23-36-41(42)40(32)45(43(33)47)50(36)46-48-35-21-11-9-18-31(35)44(49-46)26-13-4-3-5-14-26;1-2-11-24(12-3-1)41-29-16-6-8-18-32(29)45-44(46-41)47-33-21-22-36-40-37-28(17-10-20-35(37)48-36)25-13-4-5-14-26(25)30-23-31-27-15-7-9-19-34(27)49-43(31)42(47)38(30)39(33)40;1-2-10-24(11-3-1)41-29-14-6-7-17-32(29)43-42(44-41)45-33-18-8-15-27-30-22-25-12-4-5-13-26(25)23-31(30)28-16-9-19-35-38(28)40-36(46-35)21-20-34(45)39(40)37(27)33/h3-25H,1-2H3;1-23H;1-23H. The predicted molar refractivity (Wildman–Crippen MR) is 601 cm³/mol. The molecule has 10 heterocycles. The van der Waals surface area contributed by atoms with Gasteiger partial charge in [0, 0.05) is 114 Å². The van der Waals surface area contributed by atoms with Gasteiger partial charge in [-0.25, -0.2) is 29.9 Å². The van der Waals surface area contributed by atoms with Gasteiger partial charge < -0.3 is 17.7 Å². The highest BCUT2D eigenvalue weighted by atomic mass is 16.3. The topological polar surface area (TPSA) is 145 Å². The molecule has 0 unspecified atom stereocenters. The van der Waals surface area contributed by atoms with Gasteiger partial charge in [0.05, 0.1) is 61.2 Å². The first-order valence-corrected chi connectivity index (χ1v) is 49.7. The molecule has 0 saturated carbocycles. The van der Waals surface area contributed by atoms with Gasteiger partial charge in [0.15, 0.2) is 5.58 Å². The molecule has 34 aromatic rings. The van der Waals surface area contributed by atoms with Gasteiger partial charge in [-0.15, -0.1) is 0 Å². The highest BCUT2D eigenvalue weighted by molar-refractivity contribution is 6.44. The van der Waals surface area contributed by atoms with Gasteiger partial charge in [0.1, 0.15) is 44.6 Å². The molecule has 146 heavy (non-hydrogen) atoms. The third kappa shape index (κ3) is 10.8. The fourth-order valence-electron chi connectivity index (χ4n) is 25.6. The summed E-state index contributed by atoms with van der Waals surface area (Å²) in [7, 11) is 0. The van der Waals surface area contributed by atoms with Crippen LogP contribution in [0.4, 0.5) is 0 Å². The van der Waals surface area contributed by atoms with E-state index in [4.69, 9.17) is 47.6 Å². The zero-order valence-corrected chi connectivity index (χ0v) is 78.5. The Bertz CT molecular complexity index is 11700. The van der Waals surface area contributed by atoms with Gasteiger partial charge in [-0.05, 0) is 207 Å². The fraction of sp³-hybridized carbons (Fsp3) is 0.0226. The lowest BCUT2D eigenvalue weighted by Gasteiger charge is -2.24. The predicted octanol–water partition coefficient (Wildman–Crippen LogP) is 35.5. The summed E-state index contributed by atoms with van der Waals surface area (Å²) in [6.45, 7) is 4.74. The lowest BCUT2D eigenvalue weighted by Crippen LogP contribution is -2.17. The van der Waals surface area contributed by atoms with E-state index in [2.05, 4.69) is 404 Å². The second kappa shape index (κ2) is 29.3. The Morgan fingerprint density at radius 1 is 0.199 bits per heavy atom. The van der Waals surface area contributed by atoms with Crippen molar-refractivity contribution < 1.29 is 17.7 Å². The van der Waals surface area contributed by atoms with Crippen LogP contribution in [0.1, 0.15) is 25.0 Å². The minimum Gasteiger partial charge on any atom is -0.456 e. The van der Waals surface area contributed by atoms with Crippen LogP contribution in [0.15, 0.2) is 436 Å². The summed E-state index contributed by atoms with van der Waals surface area (Å²) in [6.07, 6.45) is 0. The van der Waals surface area contributed by atoms with Crippen molar-refractivity contribution in [3.63, 3.8) is 0 Å². The molecule has 35 rings (SSSR count). The molecule has 1 aliphatic carbocycles. The molecule has 0 spiro atoms. The van der Waals surface area contributed by atoms with Gasteiger partial charge in [-0.1, -0.05) is 323 Å². The Morgan fingerprint density at radius 2 is 0.541 bits per heavy atom. The van der Waals surface area contributed by atoms with Crippen molar-refractivity contribution in [3.8, 4) is 62.7 Å². The van der Waals surface area contributed by atoms with Crippen LogP contribution < -0.4 is 0 Å². The van der Waals surface area contributed by atoms with E-state index in [1.54, 1.807) is 0 Å². The number of aromatic nitrogens is 9. The summed E-state index contributed by atoms with van der Waals surface area (Å²) in [4.78, 5) is 32.1. The molecular formula is C133H75N9O4. The number of hydrogen-bond donors (Lipinski definition) is 0. The third-order valence-corrected chi connectivity index (χ3v) is 31.6. The maximum atomic E-state index is 6.84. The Balaban J connectivity index is 0.0000000959. The number of benzene rings is 21. The number of furan rings is 4. The van der Waals surface area contributed by atoms with Crippen molar-refractivity contribution in [1.29, 1.82) is 0 Å². The molecule has 10 aromatic heterocycles. The van der Waals surface area contributed by atoms with E-state index in [-0.39, 0.29) is 5.41 Å². The van der Waals surface area contributed by atoms with Crippen LogP contribution in [0.5, 0.6) is 0 Å². The van der Waals surface area contributed by atoms with Crippen molar-refractivity contribution in [2.45, 2.75) is 19.3 Å². The number of hydrogen-bond acceptors (Lipinski definition) is 10. The maximum absolute atomic E-state index is 6.84. The lowest BCUT2D eigenvalue weighted by molar-refractivity contribution is 0.663. The summed E-state index contributed by atoms with van der Waals surface area (Å²) >= 11 is 0. The van der Waals surface area contributed by atoms with Crippen molar-refractivity contribution in [2.24, 2.45) is 0 Å². The van der Waals surface area contributed by atoms with E-state index >= 15 is 0 Å². The molecular weight excluding hydrogens is 1790 g/mol. The first-order valence-electron chi connectivity index (χ1n) is 49.7. The molecule has 0 radical (unpaired) electrons. The Hall–Kier alpha value is -19.5. The number of nitrogens with zero attached hydrogens (tertiary/aromatic N) is 9. The van der Waals surface area contributed by atoms with Crippen LogP contribution in [-0.2, 0) is 5.41 Å². The summed E-state index contributed by atoms with van der Waals surface area (Å²) in [5, 5.41) is 35.7. The van der Waals surface area contributed by atoms with Gasteiger partial charge in [0.2, 0.25) is 17.8 Å². The summed E-state index contributed by atoms with van der Waals surface area (Å²) in [5.41, 5.74) is 26.8. The smallest absolute Gasteiger partial charge is 0.235 e. The zero-order chi connectivity index (χ0) is 95.3. The van der Waals surface area contributed by atoms with E-state index in [1.165, 1.54) is 108 Å².